The number of anilines is 1. The Hall–Kier alpha value is -2.18. The Balaban J connectivity index is 2.86. The van der Waals surface area contributed by atoms with Crippen LogP contribution in [0.2, 0.25) is 0 Å². The van der Waals surface area contributed by atoms with E-state index < -0.39 is 5.54 Å². The lowest BCUT2D eigenvalue weighted by Gasteiger charge is -2.27. The van der Waals surface area contributed by atoms with Crippen molar-refractivity contribution < 1.29 is 14.3 Å². The molecule has 21 heavy (non-hydrogen) atoms. The molecular formula is C14H22N4O3. The van der Waals surface area contributed by atoms with Gasteiger partial charge in [-0.25, -0.2) is 4.79 Å². The van der Waals surface area contributed by atoms with Gasteiger partial charge in [-0.2, -0.15) is 0 Å². The Morgan fingerprint density at radius 3 is 2.48 bits per heavy atom. The lowest BCUT2D eigenvalue weighted by Crippen LogP contribution is -2.44. The maximum absolute atomic E-state index is 11.9. The summed E-state index contributed by atoms with van der Waals surface area (Å²) in [5.74, 6) is -0.218. The van der Waals surface area contributed by atoms with Crippen molar-refractivity contribution >= 4 is 17.7 Å². The SMILES string of the molecule is CCCC(C)(Nc1ccc(C(=O)NCC)nn1)C(=O)OC. The molecule has 1 aromatic heterocycles. The molecule has 1 aromatic rings. The normalized spacial score (nSPS) is 13.1. The van der Waals surface area contributed by atoms with Crippen LogP contribution in [0.25, 0.3) is 0 Å². The summed E-state index contributed by atoms with van der Waals surface area (Å²) in [6.45, 7) is 6.08. The Morgan fingerprint density at radius 2 is 2.00 bits per heavy atom. The van der Waals surface area contributed by atoms with Crippen molar-refractivity contribution in [3.63, 3.8) is 0 Å². The van der Waals surface area contributed by atoms with Gasteiger partial charge in [0.2, 0.25) is 0 Å². The van der Waals surface area contributed by atoms with Crippen molar-refractivity contribution in [2.45, 2.75) is 39.2 Å². The van der Waals surface area contributed by atoms with Gasteiger partial charge in [-0.1, -0.05) is 13.3 Å². The van der Waals surface area contributed by atoms with Gasteiger partial charge in [-0.05, 0) is 32.4 Å². The third-order valence-corrected chi connectivity index (χ3v) is 3.02. The topological polar surface area (TPSA) is 93.2 Å². The summed E-state index contributed by atoms with van der Waals surface area (Å²) in [7, 11) is 1.35. The number of hydrogen-bond donors (Lipinski definition) is 2. The third-order valence-electron chi connectivity index (χ3n) is 3.02. The number of esters is 1. The van der Waals surface area contributed by atoms with Crippen molar-refractivity contribution in [2.24, 2.45) is 0 Å². The number of aromatic nitrogens is 2. The standard InChI is InChI=1S/C14H22N4O3/c1-5-9-14(3,13(20)21-4)16-11-8-7-10(17-18-11)12(19)15-6-2/h7-8H,5-6,9H2,1-4H3,(H,15,19)(H,16,18). The van der Waals surface area contributed by atoms with Crippen molar-refractivity contribution in [1.82, 2.24) is 15.5 Å². The average Bonchev–Trinajstić information content (AvgIpc) is 2.47. The molecule has 0 aliphatic carbocycles. The van der Waals surface area contributed by atoms with Crippen LogP contribution in [0.15, 0.2) is 12.1 Å². The molecule has 0 radical (unpaired) electrons. The smallest absolute Gasteiger partial charge is 0.331 e. The molecule has 0 aliphatic rings. The number of ether oxygens (including phenoxy) is 1. The van der Waals surface area contributed by atoms with Crippen LogP contribution in [0.5, 0.6) is 0 Å². The monoisotopic (exact) mass is 294 g/mol. The summed E-state index contributed by atoms with van der Waals surface area (Å²) in [6.07, 6.45) is 1.41. The highest BCUT2D eigenvalue weighted by atomic mass is 16.5. The lowest BCUT2D eigenvalue weighted by atomic mass is 9.96. The van der Waals surface area contributed by atoms with Crippen LogP contribution in [-0.2, 0) is 9.53 Å². The number of hydrogen-bond acceptors (Lipinski definition) is 6. The van der Waals surface area contributed by atoms with Crippen molar-refractivity contribution in [3.8, 4) is 0 Å². The van der Waals surface area contributed by atoms with E-state index in [9.17, 15) is 9.59 Å². The Kier molecular flexibility index (Phi) is 6.08. The first kappa shape index (κ1) is 16.9. The molecule has 1 unspecified atom stereocenters. The lowest BCUT2D eigenvalue weighted by molar-refractivity contribution is -0.145. The van der Waals surface area contributed by atoms with Crippen LogP contribution in [0.4, 0.5) is 5.82 Å². The van der Waals surface area contributed by atoms with E-state index in [1.54, 1.807) is 19.1 Å². The van der Waals surface area contributed by atoms with Gasteiger partial charge in [0.15, 0.2) is 5.69 Å². The summed E-state index contributed by atoms with van der Waals surface area (Å²) in [5, 5.41) is 13.5. The molecule has 0 aromatic carbocycles. The second-order valence-corrected chi connectivity index (χ2v) is 4.86. The van der Waals surface area contributed by atoms with Gasteiger partial charge in [0.05, 0.1) is 7.11 Å². The molecule has 2 N–H and O–H groups in total. The van der Waals surface area contributed by atoms with E-state index in [0.717, 1.165) is 6.42 Å². The number of nitrogens with zero attached hydrogens (tertiary/aromatic N) is 2. The zero-order chi connectivity index (χ0) is 15.9. The van der Waals surface area contributed by atoms with Crippen LogP contribution in [0.1, 0.15) is 44.1 Å². The number of carbonyl (C=O) groups is 2. The Labute approximate surface area is 124 Å². The highest BCUT2D eigenvalue weighted by molar-refractivity contribution is 5.92. The fourth-order valence-corrected chi connectivity index (χ4v) is 1.99. The fourth-order valence-electron chi connectivity index (χ4n) is 1.99. The molecular weight excluding hydrogens is 272 g/mol. The fraction of sp³-hybridized carbons (Fsp3) is 0.571. The Morgan fingerprint density at radius 1 is 1.29 bits per heavy atom. The average molecular weight is 294 g/mol. The first-order chi connectivity index (χ1) is 9.96. The van der Waals surface area contributed by atoms with E-state index in [2.05, 4.69) is 20.8 Å². The van der Waals surface area contributed by atoms with Gasteiger partial charge in [0, 0.05) is 6.54 Å². The molecule has 0 fully saturated rings. The molecule has 0 aliphatic heterocycles. The molecule has 116 valence electrons. The summed E-state index contributed by atoms with van der Waals surface area (Å²) in [6, 6.07) is 3.18. The molecule has 0 saturated heterocycles. The second kappa shape index (κ2) is 7.56. The number of nitrogens with one attached hydrogen (secondary N) is 2. The number of amides is 1. The maximum atomic E-state index is 11.9. The van der Waals surface area contributed by atoms with Crippen LogP contribution in [-0.4, -0.2) is 41.3 Å². The molecule has 0 spiro atoms. The largest absolute Gasteiger partial charge is 0.467 e. The highest BCUT2D eigenvalue weighted by Gasteiger charge is 2.33. The van der Waals surface area contributed by atoms with Gasteiger partial charge in [0.1, 0.15) is 11.4 Å². The van der Waals surface area contributed by atoms with Gasteiger partial charge in [-0.15, -0.1) is 10.2 Å². The van der Waals surface area contributed by atoms with Crippen LogP contribution < -0.4 is 10.6 Å². The molecule has 7 heteroatoms. The molecule has 1 heterocycles. The zero-order valence-electron chi connectivity index (χ0n) is 12.9. The summed E-state index contributed by atoms with van der Waals surface area (Å²) in [5.41, 5.74) is -0.636. The van der Waals surface area contributed by atoms with Crippen molar-refractivity contribution in [2.75, 3.05) is 19.0 Å². The Bertz CT molecular complexity index is 489. The minimum atomic E-state index is -0.870. The summed E-state index contributed by atoms with van der Waals surface area (Å²) >= 11 is 0. The third kappa shape index (κ3) is 4.40. The highest BCUT2D eigenvalue weighted by Crippen LogP contribution is 2.20. The quantitative estimate of drug-likeness (QED) is 0.738. The minimum absolute atomic E-state index is 0.234. The van der Waals surface area contributed by atoms with E-state index in [1.807, 2.05) is 13.8 Å². The van der Waals surface area contributed by atoms with E-state index in [-0.39, 0.29) is 17.6 Å². The van der Waals surface area contributed by atoms with E-state index in [0.29, 0.717) is 18.8 Å². The van der Waals surface area contributed by atoms with Gasteiger partial charge >= 0.3 is 5.97 Å². The number of methoxy groups -OCH3 is 1. The first-order valence-electron chi connectivity index (χ1n) is 6.95. The molecule has 1 rings (SSSR count). The van der Waals surface area contributed by atoms with Gasteiger partial charge < -0.3 is 15.4 Å². The van der Waals surface area contributed by atoms with Crippen LogP contribution >= 0.6 is 0 Å². The zero-order valence-corrected chi connectivity index (χ0v) is 12.9. The van der Waals surface area contributed by atoms with E-state index in [4.69, 9.17) is 4.74 Å². The molecule has 0 saturated carbocycles. The maximum Gasteiger partial charge on any atom is 0.331 e. The molecule has 1 amide bonds. The molecule has 1 atom stereocenters. The number of rotatable bonds is 7. The van der Waals surface area contributed by atoms with Gasteiger partial charge in [0.25, 0.3) is 5.91 Å². The van der Waals surface area contributed by atoms with Crippen molar-refractivity contribution in [3.05, 3.63) is 17.8 Å². The van der Waals surface area contributed by atoms with Crippen LogP contribution in [0.3, 0.4) is 0 Å². The first-order valence-corrected chi connectivity index (χ1v) is 6.95. The van der Waals surface area contributed by atoms with Crippen molar-refractivity contribution in [1.29, 1.82) is 0 Å². The summed E-state index contributed by atoms with van der Waals surface area (Å²) in [4.78, 5) is 23.5. The van der Waals surface area contributed by atoms with E-state index in [1.165, 1.54) is 7.11 Å². The second-order valence-electron chi connectivity index (χ2n) is 4.86. The number of carbonyl (C=O) groups excluding carboxylic acids is 2. The minimum Gasteiger partial charge on any atom is -0.467 e. The predicted octanol–water partition coefficient (Wildman–Crippen LogP) is 1.37. The summed E-state index contributed by atoms with van der Waals surface area (Å²) < 4.78 is 4.82. The molecule has 0 bridgehead atoms. The predicted molar refractivity (Wildman–Crippen MR) is 79.0 cm³/mol. The van der Waals surface area contributed by atoms with Gasteiger partial charge in [-0.3, -0.25) is 4.79 Å². The van der Waals surface area contributed by atoms with Crippen LogP contribution in [0, 0.1) is 0 Å². The molecule has 7 nitrogen and oxygen atoms in total. The van der Waals surface area contributed by atoms with E-state index >= 15 is 0 Å².